The molecule has 2 N–H and O–H groups in total. The van der Waals surface area contributed by atoms with E-state index in [1.165, 1.54) is 12.0 Å². The van der Waals surface area contributed by atoms with E-state index < -0.39 is 0 Å². The molecule has 0 amide bonds. The van der Waals surface area contributed by atoms with Gasteiger partial charge in [-0.15, -0.1) is 24.0 Å². The van der Waals surface area contributed by atoms with Gasteiger partial charge in [-0.25, -0.2) is 4.99 Å². The van der Waals surface area contributed by atoms with E-state index >= 15 is 0 Å². The van der Waals surface area contributed by atoms with Crippen LogP contribution < -0.4 is 15.4 Å². The number of halogens is 1. The van der Waals surface area contributed by atoms with Crippen molar-refractivity contribution in [3.63, 3.8) is 0 Å². The average Bonchev–Trinajstić information content (AvgIpc) is 3.09. The Bertz CT molecular complexity index is 958. The van der Waals surface area contributed by atoms with E-state index in [1.807, 2.05) is 0 Å². The summed E-state index contributed by atoms with van der Waals surface area (Å²) in [5.41, 5.74) is 5.44. The monoisotopic (exact) mass is 547 g/mol. The van der Waals surface area contributed by atoms with Gasteiger partial charge in [0.25, 0.3) is 0 Å². The zero-order valence-corrected chi connectivity index (χ0v) is 21.3. The molecule has 2 fully saturated rings. The molecule has 1 heterocycles. The summed E-state index contributed by atoms with van der Waals surface area (Å²) >= 11 is 0. The van der Waals surface area contributed by atoms with Crippen molar-refractivity contribution in [2.45, 2.75) is 45.3 Å². The van der Waals surface area contributed by atoms with E-state index in [-0.39, 0.29) is 30.1 Å². The molecule has 2 aliphatic carbocycles. The van der Waals surface area contributed by atoms with Gasteiger partial charge in [0.05, 0.1) is 19.8 Å². The Morgan fingerprint density at radius 3 is 2.88 bits per heavy atom. The Morgan fingerprint density at radius 1 is 1.19 bits per heavy atom. The standard InChI is InChI=1S/C26H33N3O2.HI/c1-3-27-26(29-15-23-22-13-18-6-4-5-7-21(18)25(22)23)28-14-19-9-8-17(2)12-24(19)31-20-10-11-30-16-20;/h4-9,12,20,22-23,25H,3,10-11,13-16H2,1-2H3,(H2,27,28,29);1H. The zero-order chi connectivity index (χ0) is 21.2. The predicted molar refractivity (Wildman–Crippen MR) is 139 cm³/mol. The minimum Gasteiger partial charge on any atom is -0.488 e. The largest absolute Gasteiger partial charge is 0.488 e. The molecule has 172 valence electrons. The SMILES string of the molecule is CCNC(=NCc1ccc(C)cc1OC1CCOC1)NCC1C2Cc3ccccc3C12.I. The highest BCUT2D eigenvalue weighted by Gasteiger charge is 2.54. The lowest BCUT2D eigenvalue weighted by Gasteiger charge is -2.16. The van der Waals surface area contributed by atoms with Gasteiger partial charge in [-0.3, -0.25) is 0 Å². The van der Waals surface area contributed by atoms with Crippen molar-refractivity contribution in [1.29, 1.82) is 0 Å². The second kappa shape index (κ2) is 10.4. The molecular formula is C26H34IN3O2. The van der Waals surface area contributed by atoms with Crippen LogP contribution in [-0.4, -0.2) is 38.4 Å². The number of hydrogen-bond donors (Lipinski definition) is 2. The zero-order valence-electron chi connectivity index (χ0n) is 19.0. The quantitative estimate of drug-likeness (QED) is 0.306. The Balaban J connectivity index is 0.00000245. The number of guanidine groups is 1. The molecule has 2 aromatic carbocycles. The maximum atomic E-state index is 6.24. The highest BCUT2D eigenvalue weighted by atomic mass is 127. The minimum absolute atomic E-state index is 0. The van der Waals surface area contributed by atoms with Crippen molar-refractivity contribution < 1.29 is 9.47 Å². The molecule has 6 heteroatoms. The molecule has 0 bridgehead atoms. The number of aliphatic imine (C=N–C) groups is 1. The number of aryl methyl sites for hydroxylation is 1. The van der Waals surface area contributed by atoms with Crippen LogP contribution in [-0.2, 0) is 17.7 Å². The maximum absolute atomic E-state index is 6.24. The second-order valence-electron chi connectivity index (χ2n) is 9.05. The summed E-state index contributed by atoms with van der Waals surface area (Å²) in [5, 5.41) is 7.00. The summed E-state index contributed by atoms with van der Waals surface area (Å²) in [6.45, 7) is 8.09. The van der Waals surface area contributed by atoms with Crippen LogP contribution >= 0.6 is 24.0 Å². The van der Waals surface area contributed by atoms with Crippen LogP contribution in [0.1, 0.15) is 41.5 Å². The normalized spacial score (nSPS) is 25.5. The van der Waals surface area contributed by atoms with Gasteiger partial charge in [0.15, 0.2) is 5.96 Å². The summed E-state index contributed by atoms with van der Waals surface area (Å²) < 4.78 is 11.7. The van der Waals surface area contributed by atoms with Crippen LogP contribution in [0.25, 0.3) is 0 Å². The van der Waals surface area contributed by atoms with E-state index in [4.69, 9.17) is 14.5 Å². The number of nitrogens with zero attached hydrogens (tertiary/aromatic N) is 1. The predicted octanol–water partition coefficient (Wildman–Crippen LogP) is 4.42. The highest BCUT2D eigenvalue weighted by molar-refractivity contribution is 14.0. The van der Waals surface area contributed by atoms with Gasteiger partial charge in [-0.1, -0.05) is 36.4 Å². The molecule has 2 aromatic rings. The molecule has 0 aromatic heterocycles. The van der Waals surface area contributed by atoms with Gasteiger partial charge < -0.3 is 20.1 Å². The van der Waals surface area contributed by atoms with Crippen LogP contribution in [0.15, 0.2) is 47.5 Å². The topological polar surface area (TPSA) is 54.9 Å². The lowest BCUT2D eigenvalue weighted by Crippen LogP contribution is -2.38. The summed E-state index contributed by atoms with van der Waals surface area (Å²) in [7, 11) is 0. The molecule has 1 saturated carbocycles. The van der Waals surface area contributed by atoms with Crippen LogP contribution in [0.2, 0.25) is 0 Å². The van der Waals surface area contributed by atoms with Gasteiger partial charge in [0.2, 0.25) is 0 Å². The summed E-state index contributed by atoms with van der Waals surface area (Å²) in [6, 6.07) is 15.3. The third-order valence-electron chi connectivity index (χ3n) is 6.86. The molecule has 32 heavy (non-hydrogen) atoms. The van der Waals surface area contributed by atoms with Crippen LogP contribution in [0.5, 0.6) is 5.75 Å². The first-order valence-corrected chi connectivity index (χ1v) is 11.7. The van der Waals surface area contributed by atoms with E-state index in [0.717, 1.165) is 61.1 Å². The fraction of sp³-hybridized carbons (Fsp3) is 0.500. The van der Waals surface area contributed by atoms with E-state index in [0.29, 0.717) is 13.2 Å². The molecule has 5 nitrogen and oxygen atoms in total. The van der Waals surface area contributed by atoms with Crippen LogP contribution in [0.4, 0.5) is 0 Å². The van der Waals surface area contributed by atoms with E-state index in [9.17, 15) is 0 Å². The Kier molecular flexibility index (Phi) is 7.61. The van der Waals surface area contributed by atoms with Gasteiger partial charge in [0.1, 0.15) is 11.9 Å². The molecular weight excluding hydrogens is 513 g/mol. The number of benzene rings is 2. The van der Waals surface area contributed by atoms with Gasteiger partial charge in [0, 0.05) is 25.1 Å². The maximum Gasteiger partial charge on any atom is 0.191 e. The van der Waals surface area contributed by atoms with Gasteiger partial charge in [-0.2, -0.15) is 0 Å². The first kappa shape index (κ1) is 23.4. The molecule has 4 unspecified atom stereocenters. The van der Waals surface area contributed by atoms with Crippen molar-refractivity contribution >= 4 is 29.9 Å². The number of ether oxygens (including phenoxy) is 2. The Morgan fingerprint density at radius 2 is 2.06 bits per heavy atom. The fourth-order valence-corrected chi connectivity index (χ4v) is 5.17. The molecule has 1 saturated heterocycles. The average molecular weight is 547 g/mol. The van der Waals surface area contributed by atoms with Crippen molar-refractivity contribution in [2.75, 3.05) is 26.3 Å². The molecule has 0 spiro atoms. The van der Waals surface area contributed by atoms with E-state index in [1.54, 1.807) is 11.1 Å². The van der Waals surface area contributed by atoms with Crippen molar-refractivity contribution in [3.8, 4) is 5.75 Å². The number of nitrogens with one attached hydrogen (secondary N) is 2. The van der Waals surface area contributed by atoms with Gasteiger partial charge >= 0.3 is 0 Å². The molecule has 3 aliphatic rings. The summed E-state index contributed by atoms with van der Waals surface area (Å²) in [4.78, 5) is 4.87. The number of rotatable bonds is 7. The van der Waals surface area contributed by atoms with Gasteiger partial charge in [-0.05, 0) is 60.8 Å². The summed E-state index contributed by atoms with van der Waals surface area (Å²) in [6.07, 6.45) is 2.33. The Hall–Kier alpha value is -1.80. The smallest absolute Gasteiger partial charge is 0.191 e. The first-order chi connectivity index (χ1) is 15.2. The van der Waals surface area contributed by atoms with Crippen LogP contribution in [0, 0.1) is 18.8 Å². The highest BCUT2D eigenvalue weighted by Crippen LogP contribution is 2.60. The molecule has 1 aliphatic heterocycles. The fourth-order valence-electron chi connectivity index (χ4n) is 5.17. The molecule has 0 radical (unpaired) electrons. The summed E-state index contributed by atoms with van der Waals surface area (Å²) in [5.74, 6) is 4.08. The molecule has 5 rings (SSSR count). The van der Waals surface area contributed by atoms with Crippen molar-refractivity contribution in [3.05, 3.63) is 64.7 Å². The number of fused-ring (bicyclic) bond motifs is 3. The third-order valence-corrected chi connectivity index (χ3v) is 6.86. The lowest BCUT2D eigenvalue weighted by molar-refractivity contribution is 0.140. The van der Waals surface area contributed by atoms with Crippen molar-refractivity contribution in [1.82, 2.24) is 10.6 Å². The first-order valence-electron chi connectivity index (χ1n) is 11.7. The third kappa shape index (κ3) is 5.06. The van der Waals surface area contributed by atoms with Crippen LogP contribution in [0.3, 0.4) is 0 Å². The van der Waals surface area contributed by atoms with E-state index in [2.05, 4.69) is 66.9 Å². The number of hydrogen-bond acceptors (Lipinski definition) is 3. The Labute approximate surface area is 208 Å². The molecule has 4 atom stereocenters. The second-order valence-corrected chi connectivity index (χ2v) is 9.05. The lowest BCUT2D eigenvalue weighted by atomic mass is 10.0. The minimum atomic E-state index is 0. The van der Waals surface area contributed by atoms with Crippen molar-refractivity contribution in [2.24, 2.45) is 16.8 Å².